The van der Waals surface area contributed by atoms with Gasteiger partial charge in [-0.2, -0.15) is 0 Å². The van der Waals surface area contributed by atoms with E-state index in [0.29, 0.717) is 5.56 Å². The average Bonchev–Trinajstić information content (AvgIpc) is 2.38. The molecule has 0 atom stereocenters. The molecule has 2 rings (SSSR count). The summed E-state index contributed by atoms with van der Waals surface area (Å²) in [6, 6.07) is 1.72. The van der Waals surface area contributed by atoms with Gasteiger partial charge in [-0.25, -0.2) is 0 Å². The molecule has 1 aromatic rings. The largest absolute Gasteiger partial charge is 0.618 e. The first kappa shape index (κ1) is 13.1. The first-order chi connectivity index (χ1) is 8.19. The van der Waals surface area contributed by atoms with E-state index in [-0.39, 0.29) is 5.84 Å². The van der Waals surface area contributed by atoms with Crippen molar-refractivity contribution in [1.29, 1.82) is 0 Å². The molecule has 0 saturated heterocycles. The van der Waals surface area contributed by atoms with E-state index in [1.807, 2.05) is 0 Å². The maximum Gasteiger partial charge on any atom is 0.506 e. The Bertz CT molecular complexity index is 564. The fraction of sp³-hybridized carbons (Fsp3) is 0.500. The van der Waals surface area contributed by atoms with E-state index in [0.717, 1.165) is 14.0 Å². The molecular weight excluding hydrogens is 298 g/mol. The molecule has 1 aromatic heterocycles. The fourth-order valence-corrected chi connectivity index (χ4v) is 2.24. The summed E-state index contributed by atoms with van der Waals surface area (Å²) in [6.45, 7) is 7.07. The van der Waals surface area contributed by atoms with Gasteiger partial charge in [0.05, 0.1) is 0 Å². The highest BCUT2D eigenvalue weighted by Gasteiger charge is 2.68. The molecule has 0 unspecified atom stereocenters. The van der Waals surface area contributed by atoms with E-state index in [2.05, 4.69) is 20.9 Å². The number of rotatable bonds is 1. The summed E-state index contributed by atoms with van der Waals surface area (Å²) < 4.78 is 2.30. The summed E-state index contributed by atoms with van der Waals surface area (Å²) >= 11 is 3.29. The van der Waals surface area contributed by atoms with Crippen LogP contribution in [-0.4, -0.2) is 31.4 Å². The standard InChI is InChI=1S/C12H15BrN3O2/c1-11(2)12(3,4)16(18)10(15(11)17)8-5-9(13)7-14-6-8/h5-7H,1-4H3/q+1. The molecule has 96 valence electrons. The highest BCUT2D eigenvalue weighted by Crippen LogP contribution is 2.35. The van der Waals surface area contributed by atoms with Crippen LogP contribution in [0.3, 0.4) is 0 Å². The number of pyridine rings is 1. The second-order valence-electron chi connectivity index (χ2n) is 5.42. The lowest BCUT2D eigenvalue weighted by atomic mass is 9.84. The normalized spacial score (nSPS) is 21.5. The van der Waals surface area contributed by atoms with E-state index >= 15 is 0 Å². The maximum atomic E-state index is 12.4. The van der Waals surface area contributed by atoms with E-state index < -0.39 is 11.1 Å². The van der Waals surface area contributed by atoms with Crippen LogP contribution in [0.4, 0.5) is 0 Å². The van der Waals surface area contributed by atoms with Crippen LogP contribution in [0.5, 0.6) is 0 Å². The number of halogens is 1. The van der Waals surface area contributed by atoms with Gasteiger partial charge in [0.15, 0.2) is 0 Å². The van der Waals surface area contributed by atoms with E-state index in [4.69, 9.17) is 0 Å². The minimum Gasteiger partial charge on any atom is -0.618 e. The Balaban J connectivity index is 2.65. The molecule has 1 aliphatic rings. The Labute approximate surface area is 114 Å². The quantitative estimate of drug-likeness (QED) is 0.591. The second-order valence-corrected chi connectivity index (χ2v) is 6.34. The average molecular weight is 313 g/mol. The van der Waals surface area contributed by atoms with Crippen LogP contribution in [0, 0.1) is 10.1 Å². The molecule has 6 heteroatoms. The van der Waals surface area contributed by atoms with Gasteiger partial charge in [0.25, 0.3) is 5.54 Å². The van der Waals surface area contributed by atoms with Crippen molar-refractivity contribution in [2.45, 2.75) is 38.8 Å². The van der Waals surface area contributed by atoms with Crippen molar-refractivity contribution in [3.8, 4) is 0 Å². The minimum atomic E-state index is -0.799. The van der Waals surface area contributed by atoms with Gasteiger partial charge in [0.1, 0.15) is 10.3 Å². The number of hydrogen-bond acceptors (Lipinski definition) is 3. The predicted octanol–water partition coefficient (Wildman–Crippen LogP) is 2.45. The second kappa shape index (κ2) is 3.85. The number of hydrogen-bond donors (Lipinski definition) is 0. The number of amidine groups is 1. The Hall–Kier alpha value is -1.30. The smallest absolute Gasteiger partial charge is 0.506 e. The van der Waals surface area contributed by atoms with Gasteiger partial charge in [0, 0.05) is 49.5 Å². The third kappa shape index (κ3) is 1.59. The zero-order valence-electron chi connectivity index (χ0n) is 10.8. The van der Waals surface area contributed by atoms with Gasteiger partial charge >= 0.3 is 5.84 Å². The van der Waals surface area contributed by atoms with E-state index in [1.165, 1.54) is 6.20 Å². The van der Waals surface area contributed by atoms with Gasteiger partial charge in [-0.15, -0.1) is 4.74 Å². The molecule has 1 aliphatic heterocycles. The van der Waals surface area contributed by atoms with Crippen LogP contribution in [0.15, 0.2) is 22.9 Å². The van der Waals surface area contributed by atoms with Gasteiger partial charge < -0.3 is 5.21 Å². The highest BCUT2D eigenvalue weighted by atomic mass is 79.9. The van der Waals surface area contributed by atoms with Gasteiger partial charge in [-0.3, -0.25) is 4.98 Å². The van der Waals surface area contributed by atoms with Crippen molar-refractivity contribution in [3.63, 3.8) is 0 Å². The number of nitrogens with zero attached hydrogens (tertiary/aromatic N) is 3. The van der Waals surface area contributed by atoms with E-state index in [9.17, 15) is 10.1 Å². The molecule has 0 amide bonds. The Morgan fingerprint density at radius 1 is 1.22 bits per heavy atom. The SMILES string of the molecule is CC1(C)[N+](=O)C(c2cncc(Br)c2)=[N+]([O-])C1(C)C. The molecule has 0 aromatic carbocycles. The third-order valence-electron chi connectivity index (χ3n) is 3.86. The molecule has 18 heavy (non-hydrogen) atoms. The summed E-state index contributed by atoms with van der Waals surface area (Å²) in [7, 11) is 0. The van der Waals surface area contributed by atoms with Gasteiger partial charge in [-0.1, -0.05) is 0 Å². The Kier molecular flexibility index (Phi) is 2.81. The molecule has 0 aliphatic carbocycles. The molecule has 0 radical (unpaired) electrons. The molecular formula is C12H15BrN3O2+. The number of nitroso groups, excluding NO2 is 1. The van der Waals surface area contributed by atoms with Crippen LogP contribution < -0.4 is 0 Å². The van der Waals surface area contributed by atoms with Crippen molar-refractivity contribution in [1.82, 2.24) is 4.98 Å². The van der Waals surface area contributed by atoms with Crippen LogP contribution in [0.25, 0.3) is 0 Å². The van der Waals surface area contributed by atoms with Crippen LogP contribution in [-0.2, 0) is 0 Å². The predicted molar refractivity (Wildman–Crippen MR) is 71.5 cm³/mol. The van der Waals surface area contributed by atoms with E-state index in [1.54, 1.807) is 40.0 Å². The van der Waals surface area contributed by atoms with Crippen LogP contribution in [0.2, 0.25) is 0 Å². The summed E-state index contributed by atoms with van der Waals surface area (Å²) in [5.74, 6) is 0.110. The molecule has 0 bridgehead atoms. The first-order valence-electron chi connectivity index (χ1n) is 5.62. The lowest BCUT2D eigenvalue weighted by Crippen LogP contribution is -2.50. The summed E-state index contributed by atoms with van der Waals surface area (Å²) in [6.07, 6.45) is 3.13. The minimum absolute atomic E-state index is 0.110. The summed E-state index contributed by atoms with van der Waals surface area (Å²) in [4.78, 5) is 16.4. The fourth-order valence-electron chi connectivity index (χ4n) is 1.88. The lowest BCUT2D eigenvalue weighted by Gasteiger charge is -2.22. The zero-order chi connectivity index (χ0) is 13.7. The lowest BCUT2D eigenvalue weighted by molar-refractivity contribution is -0.555. The monoisotopic (exact) mass is 312 g/mol. The number of hydroxylamine groups is 1. The summed E-state index contributed by atoms with van der Waals surface area (Å²) in [5.41, 5.74) is -1.08. The molecule has 0 spiro atoms. The van der Waals surface area contributed by atoms with Crippen molar-refractivity contribution < 1.29 is 9.50 Å². The van der Waals surface area contributed by atoms with Gasteiger partial charge in [-0.05, 0) is 22.0 Å². The van der Waals surface area contributed by atoms with Gasteiger partial charge in [0.2, 0.25) is 5.54 Å². The Morgan fingerprint density at radius 2 is 1.83 bits per heavy atom. The zero-order valence-corrected chi connectivity index (χ0v) is 12.4. The third-order valence-corrected chi connectivity index (χ3v) is 4.29. The van der Waals surface area contributed by atoms with Crippen molar-refractivity contribution in [2.75, 3.05) is 0 Å². The molecule has 0 saturated carbocycles. The van der Waals surface area contributed by atoms with Crippen molar-refractivity contribution in [3.05, 3.63) is 38.6 Å². The topological polar surface area (TPSA) is 59.0 Å². The summed E-state index contributed by atoms with van der Waals surface area (Å²) in [5, 5.41) is 12.4. The van der Waals surface area contributed by atoms with Crippen LogP contribution >= 0.6 is 15.9 Å². The first-order valence-corrected chi connectivity index (χ1v) is 6.41. The molecule has 0 fully saturated rings. The molecule has 0 N–H and O–H groups in total. The van der Waals surface area contributed by atoms with Crippen molar-refractivity contribution >= 4 is 21.8 Å². The van der Waals surface area contributed by atoms with Crippen LogP contribution in [0.1, 0.15) is 33.3 Å². The molecule has 5 nitrogen and oxygen atoms in total. The van der Waals surface area contributed by atoms with Crippen molar-refractivity contribution in [2.24, 2.45) is 0 Å². The highest BCUT2D eigenvalue weighted by molar-refractivity contribution is 9.10. The molecule has 2 heterocycles. The number of aromatic nitrogens is 1. The Morgan fingerprint density at radius 3 is 2.28 bits per heavy atom. The maximum absolute atomic E-state index is 12.4.